The lowest BCUT2D eigenvalue weighted by molar-refractivity contribution is -0.126. The highest BCUT2D eigenvalue weighted by Gasteiger charge is 2.27. The van der Waals surface area contributed by atoms with E-state index in [1.807, 2.05) is 20.8 Å². The Labute approximate surface area is 153 Å². The summed E-state index contributed by atoms with van der Waals surface area (Å²) in [5, 5.41) is 4.16. The van der Waals surface area contributed by atoms with Crippen LogP contribution in [0.2, 0.25) is 0 Å². The molecular weight excluding hydrogens is 334 g/mol. The summed E-state index contributed by atoms with van der Waals surface area (Å²) in [6, 6.07) is 2.31. The van der Waals surface area contributed by atoms with E-state index in [0.717, 1.165) is 48.6 Å². The number of carbonyl (C=O) groups excluding carboxylic acids is 1. The van der Waals surface area contributed by atoms with Gasteiger partial charge < -0.3 is 10.2 Å². The number of hydrogen-bond acceptors (Lipinski definition) is 6. The summed E-state index contributed by atoms with van der Waals surface area (Å²) >= 11 is 1.75. The van der Waals surface area contributed by atoms with Gasteiger partial charge in [-0.25, -0.2) is 9.97 Å². The molecule has 2 aromatic heterocycles. The number of aryl methyl sites for hydroxylation is 1. The fourth-order valence-corrected chi connectivity index (χ4v) is 4.14. The Morgan fingerprint density at radius 2 is 1.96 bits per heavy atom. The van der Waals surface area contributed by atoms with Crippen molar-refractivity contribution < 1.29 is 4.79 Å². The SMILES string of the molecule is CCc1cc2c(N3CCN(C(C)C(=O)NC(C)C)CC3)ncnc2s1. The lowest BCUT2D eigenvalue weighted by Gasteiger charge is -2.38. The van der Waals surface area contributed by atoms with Crippen molar-refractivity contribution in [1.82, 2.24) is 20.2 Å². The summed E-state index contributed by atoms with van der Waals surface area (Å²) in [6.07, 6.45) is 2.69. The van der Waals surface area contributed by atoms with Gasteiger partial charge in [0.15, 0.2) is 0 Å². The van der Waals surface area contributed by atoms with Gasteiger partial charge in [0.2, 0.25) is 5.91 Å². The van der Waals surface area contributed by atoms with Gasteiger partial charge in [-0.1, -0.05) is 6.92 Å². The van der Waals surface area contributed by atoms with Crippen molar-refractivity contribution in [3.63, 3.8) is 0 Å². The van der Waals surface area contributed by atoms with Crippen molar-refractivity contribution in [2.24, 2.45) is 0 Å². The van der Waals surface area contributed by atoms with Gasteiger partial charge in [-0.05, 0) is 33.3 Å². The minimum atomic E-state index is -0.0946. The molecule has 6 nitrogen and oxygen atoms in total. The second-order valence-corrected chi connectivity index (χ2v) is 7.96. The number of aromatic nitrogens is 2. The molecule has 0 aliphatic carbocycles. The molecule has 25 heavy (non-hydrogen) atoms. The monoisotopic (exact) mass is 361 g/mol. The quantitative estimate of drug-likeness (QED) is 0.885. The Kier molecular flexibility index (Phi) is 5.54. The van der Waals surface area contributed by atoms with Gasteiger partial charge in [-0.15, -0.1) is 11.3 Å². The third-order valence-corrected chi connectivity index (χ3v) is 5.87. The van der Waals surface area contributed by atoms with Gasteiger partial charge in [0.1, 0.15) is 17.0 Å². The molecule has 7 heteroatoms. The van der Waals surface area contributed by atoms with Crippen molar-refractivity contribution in [2.45, 2.75) is 46.2 Å². The maximum atomic E-state index is 12.2. The van der Waals surface area contributed by atoms with Crippen LogP contribution >= 0.6 is 11.3 Å². The van der Waals surface area contributed by atoms with Crippen molar-refractivity contribution in [2.75, 3.05) is 31.1 Å². The molecule has 0 aromatic carbocycles. The van der Waals surface area contributed by atoms with Crippen LogP contribution in [0.1, 0.15) is 32.6 Å². The summed E-state index contributed by atoms with van der Waals surface area (Å²) in [4.78, 5) is 28.2. The number of fused-ring (bicyclic) bond motifs is 1. The zero-order valence-corrected chi connectivity index (χ0v) is 16.3. The predicted octanol–water partition coefficient (Wildman–Crippen LogP) is 2.29. The number of piperazine rings is 1. The number of anilines is 1. The first-order valence-corrected chi connectivity index (χ1v) is 9.84. The van der Waals surface area contributed by atoms with E-state index < -0.39 is 0 Å². The molecule has 1 atom stereocenters. The van der Waals surface area contributed by atoms with Crippen LogP contribution in [0, 0.1) is 0 Å². The second-order valence-electron chi connectivity index (χ2n) is 6.84. The minimum Gasteiger partial charge on any atom is -0.353 e. The van der Waals surface area contributed by atoms with Crippen molar-refractivity contribution in [3.05, 3.63) is 17.3 Å². The van der Waals surface area contributed by atoms with Gasteiger partial charge in [-0.3, -0.25) is 9.69 Å². The highest BCUT2D eigenvalue weighted by molar-refractivity contribution is 7.18. The Bertz CT molecular complexity index is 736. The number of hydrogen-bond donors (Lipinski definition) is 1. The van der Waals surface area contributed by atoms with E-state index in [0.29, 0.717) is 0 Å². The van der Waals surface area contributed by atoms with Crippen LogP contribution in [-0.2, 0) is 11.2 Å². The van der Waals surface area contributed by atoms with Crippen LogP contribution in [0.15, 0.2) is 12.4 Å². The maximum Gasteiger partial charge on any atom is 0.237 e. The molecule has 2 aromatic rings. The van der Waals surface area contributed by atoms with Crippen LogP contribution < -0.4 is 10.2 Å². The molecule has 0 radical (unpaired) electrons. The van der Waals surface area contributed by atoms with Gasteiger partial charge >= 0.3 is 0 Å². The van der Waals surface area contributed by atoms with E-state index in [2.05, 4.69) is 38.1 Å². The summed E-state index contributed by atoms with van der Waals surface area (Å²) in [6.45, 7) is 11.6. The van der Waals surface area contributed by atoms with Crippen LogP contribution in [0.3, 0.4) is 0 Å². The van der Waals surface area contributed by atoms with Crippen LogP contribution in [0.5, 0.6) is 0 Å². The fourth-order valence-electron chi connectivity index (χ4n) is 3.21. The number of carbonyl (C=O) groups is 1. The van der Waals surface area contributed by atoms with Gasteiger partial charge in [0.25, 0.3) is 0 Å². The molecule has 0 bridgehead atoms. The molecule has 3 rings (SSSR count). The maximum absolute atomic E-state index is 12.2. The molecule has 3 heterocycles. The number of thiophene rings is 1. The van der Waals surface area contributed by atoms with Gasteiger partial charge in [0.05, 0.1) is 11.4 Å². The molecule has 0 spiro atoms. The van der Waals surface area contributed by atoms with Gasteiger partial charge in [-0.2, -0.15) is 0 Å². The van der Waals surface area contributed by atoms with E-state index >= 15 is 0 Å². The summed E-state index contributed by atoms with van der Waals surface area (Å²) in [5.74, 6) is 1.14. The summed E-state index contributed by atoms with van der Waals surface area (Å²) in [7, 11) is 0. The average molecular weight is 362 g/mol. The highest BCUT2D eigenvalue weighted by Crippen LogP contribution is 2.31. The lowest BCUT2D eigenvalue weighted by atomic mass is 10.2. The van der Waals surface area contributed by atoms with Crippen molar-refractivity contribution in [3.8, 4) is 0 Å². The van der Waals surface area contributed by atoms with E-state index in [1.54, 1.807) is 17.7 Å². The molecule has 1 saturated heterocycles. The van der Waals surface area contributed by atoms with E-state index in [1.165, 1.54) is 4.88 Å². The van der Waals surface area contributed by atoms with Gasteiger partial charge in [0, 0.05) is 37.1 Å². The molecule has 1 N–H and O–H groups in total. The fraction of sp³-hybridized carbons (Fsp3) is 0.611. The van der Waals surface area contributed by atoms with E-state index in [-0.39, 0.29) is 18.0 Å². The molecule has 0 saturated carbocycles. The van der Waals surface area contributed by atoms with E-state index in [9.17, 15) is 4.79 Å². The number of nitrogens with zero attached hydrogens (tertiary/aromatic N) is 4. The zero-order chi connectivity index (χ0) is 18.0. The third-order valence-electron chi connectivity index (χ3n) is 4.68. The molecular formula is C18H27N5OS. The van der Waals surface area contributed by atoms with Crippen molar-refractivity contribution >= 4 is 33.3 Å². The lowest BCUT2D eigenvalue weighted by Crippen LogP contribution is -2.54. The van der Waals surface area contributed by atoms with Crippen LogP contribution in [-0.4, -0.2) is 59.0 Å². The minimum absolute atomic E-state index is 0.0946. The first-order valence-electron chi connectivity index (χ1n) is 9.02. The normalized spacial score (nSPS) is 17.2. The Morgan fingerprint density at radius 3 is 2.60 bits per heavy atom. The summed E-state index contributed by atoms with van der Waals surface area (Å²) < 4.78 is 0. The Balaban J connectivity index is 1.68. The van der Waals surface area contributed by atoms with E-state index in [4.69, 9.17) is 0 Å². The van der Waals surface area contributed by atoms with Crippen LogP contribution in [0.4, 0.5) is 5.82 Å². The number of nitrogens with one attached hydrogen (secondary N) is 1. The van der Waals surface area contributed by atoms with Crippen molar-refractivity contribution in [1.29, 1.82) is 0 Å². The molecule has 1 unspecified atom stereocenters. The third kappa shape index (κ3) is 3.93. The number of amides is 1. The topological polar surface area (TPSA) is 61.4 Å². The number of rotatable bonds is 5. The first kappa shape index (κ1) is 18.1. The highest BCUT2D eigenvalue weighted by atomic mass is 32.1. The molecule has 1 aliphatic rings. The molecule has 1 aliphatic heterocycles. The average Bonchev–Trinajstić information content (AvgIpc) is 3.04. The largest absolute Gasteiger partial charge is 0.353 e. The molecule has 1 fully saturated rings. The Morgan fingerprint density at radius 1 is 1.24 bits per heavy atom. The second kappa shape index (κ2) is 7.66. The first-order chi connectivity index (χ1) is 12.0. The summed E-state index contributed by atoms with van der Waals surface area (Å²) in [5.41, 5.74) is 0. The zero-order valence-electron chi connectivity index (χ0n) is 15.5. The molecule has 1 amide bonds. The standard InChI is InChI=1S/C18H27N5OS/c1-5-14-10-15-16(19-11-20-18(15)25-14)23-8-6-22(7-9-23)13(4)17(24)21-12(2)3/h10-13H,5-9H2,1-4H3,(H,21,24). The predicted molar refractivity (Wildman–Crippen MR) is 103 cm³/mol. The smallest absolute Gasteiger partial charge is 0.237 e. The van der Waals surface area contributed by atoms with Crippen LogP contribution in [0.25, 0.3) is 10.2 Å². The molecule has 136 valence electrons. The Hall–Kier alpha value is -1.73.